The molecule has 6 nitrogen and oxygen atoms in total. The van der Waals surface area contributed by atoms with Crippen LogP contribution in [0.3, 0.4) is 0 Å². The molecular weight excluding hydrogens is 292 g/mol. The Morgan fingerprint density at radius 3 is 2.95 bits per heavy atom. The van der Waals surface area contributed by atoms with E-state index >= 15 is 0 Å². The van der Waals surface area contributed by atoms with Crippen LogP contribution in [0.5, 0.6) is 0 Å². The van der Waals surface area contributed by atoms with Crippen LogP contribution in [-0.2, 0) is 13.1 Å². The first kappa shape index (κ1) is 13.8. The number of halogens is 1. The van der Waals surface area contributed by atoms with Crippen molar-refractivity contribution in [3.8, 4) is 0 Å². The molecule has 0 fully saturated rings. The second-order valence-corrected chi connectivity index (χ2v) is 5.14. The van der Waals surface area contributed by atoms with Crippen LogP contribution in [0.15, 0.2) is 33.6 Å². The molecule has 2 N–H and O–H groups in total. The largest absolute Gasteiger partial charge is 0.361 e. The lowest BCUT2D eigenvalue weighted by molar-refractivity contribution is 0.388. The van der Waals surface area contributed by atoms with Crippen LogP contribution in [0.4, 0.5) is 0 Å². The van der Waals surface area contributed by atoms with Gasteiger partial charge in [0.2, 0.25) is 0 Å². The van der Waals surface area contributed by atoms with Crippen LogP contribution in [0.2, 0.25) is 5.02 Å². The molecule has 21 heavy (non-hydrogen) atoms. The van der Waals surface area contributed by atoms with Crippen LogP contribution in [0.25, 0.3) is 10.9 Å². The monoisotopic (exact) mass is 304 g/mol. The predicted molar refractivity (Wildman–Crippen MR) is 79.2 cm³/mol. The second-order valence-electron chi connectivity index (χ2n) is 4.71. The zero-order valence-corrected chi connectivity index (χ0v) is 12.1. The highest BCUT2D eigenvalue weighted by molar-refractivity contribution is 6.31. The van der Waals surface area contributed by atoms with Gasteiger partial charge in [-0.1, -0.05) is 16.8 Å². The fourth-order valence-electron chi connectivity index (χ4n) is 2.05. The molecule has 3 rings (SSSR count). The van der Waals surface area contributed by atoms with Crippen molar-refractivity contribution in [3.05, 3.63) is 56.9 Å². The van der Waals surface area contributed by atoms with E-state index in [-0.39, 0.29) is 5.56 Å². The average Bonchev–Trinajstić information content (AvgIpc) is 2.84. The molecule has 0 saturated carbocycles. The topological polar surface area (TPSA) is 83.8 Å². The van der Waals surface area contributed by atoms with Crippen molar-refractivity contribution >= 4 is 22.5 Å². The first-order valence-electron chi connectivity index (χ1n) is 6.43. The third-order valence-electron chi connectivity index (χ3n) is 2.99. The molecule has 0 radical (unpaired) electrons. The molecule has 0 atom stereocenters. The molecule has 0 amide bonds. The fraction of sp³-hybridized carbons (Fsp3) is 0.214. The highest BCUT2D eigenvalue weighted by Crippen LogP contribution is 2.14. The summed E-state index contributed by atoms with van der Waals surface area (Å²) in [5.41, 5.74) is 1.21. The van der Waals surface area contributed by atoms with E-state index in [2.05, 4.69) is 20.4 Å². The molecule has 7 heteroatoms. The highest BCUT2D eigenvalue weighted by atomic mass is 35.5. The van der Waals surface area contributed by atoms with Crippen LogP contribution in [-0.4, -0.2) is 15.1 Å². The van der Waals surface area contributed by atoms with E-state index in [1.165, 1.54) is 0 Å². The summed E-state index contributed by atoms with van der Waals surface area (Å²) in [5, 5.41) is 8.11. The van der Waals surface area contributed by atoms with Gasteiger partial charge < -0.3 is 14.8 Å². The van der Waals surface area contributed by atoms with Crippen molar-refractivity contribution in [2.45, 2.75) is 20.0 Å². The van der Waals surface area contributed by atoms with Crippen LogP contribution < -0.4 is 10.9 Å². The van der Waals surface area contributed by atoms with Gasteiger partial charge in [-0.25, -0.2) is 4.98 Å². The zero-order chi connectivity index (χ0) is 14.8. The number of aromatic amines is 1. The number of hydrogen-bond acceptors (Lipinski definition) is 5. The number of fused-ring (bicyclic) bond motifs is 1. The number of H-pyrrole nitrogens is 1. The third kappa shape index (κ3) is 3.12. The molecule has 3 aromatic rings. The minimum Gasteiger partial charge on any atom is -0.361 e. The van der Waals surface area contributed by atoms with Crippen molar-refractivity contribution in [1.82, 2.24) is 20.4 Å². The SMILES string of the molecule is Cc1cc(CNCc2nc3cc(Cl)ccc3c(=O)[nH]2)no1. The van der Waals surface area contributed by atoms with Crippen LogP contribution >= 0.6 is 11.6 Å². The summed E-state index contributed by atoms with van der Waals surface area (Å²) in [7, 11) is 0. The average molecular weight is 305 g/mol. The van der Waals surface area contributed by atoms with Crippen molar-refractivity contribution in [3.63, 3.8) is 0 Å². The van der Waals surface area contributed by atoms with Crippen molar-refractivity contribution in [2.24, 2.45) is 0 Å². The summed E-state index contributed by atoms with van der Waals surface area (Å²) < 4.78 is 4.98. The second kappa shape index (κ2) is 5.67. The maximum absolute atomic E-state index is 12.0. The van der Waals surface area contributed by atoms with E-state index in [0.29, 0.717) is 34.8 Å². The molecule has 0 aliphatic carbocycles. The Morgan fingerprint density at radius 2 is 2.19 bits per heavy atom. The lowest BCUT2D eigenvalue weighted by atomic mass is 10.2. The Kier molecular flexibility index (Phi) is 3.72. The van der Waals surface area contributed by atoms with E-state index in [9.17, 15) is 4.79 Å². The van der Waals surface area contributed by atoms with Gasteiger partial charge in [0.1, 0.15) is 11.6 Å². The first-order valence-corrected chi connectivity index (χ1v) is 6.81. The molecule has 0 spiro atoms. The lowest BCUT2D eigenvalue weighted by Gasteiger charge is -2.04. The van der Waals surface area contributed by atoms with Crippen molar-refractivity contribution in [1.29, 1.82) is 0 Å². The van der Waals surface area contributed by atoms with Gasteiger partial charge in [0.05, 0.1) is 23.1 Å². The van der Waals surface area contributed by atoms with Crippen molar-refractivity contribution < 1.29 is 4.52 Å². The van der Waals surface area contributed by atoms with E-state index in [1.807, 2.05) is 13.0 Å². The summed E-state index contributed by atoms with van der Waals surface area (Å²) in [5.74, 6) is 1.31. The smallest absolute Gasteiger partial charge is 0.258 e. The molecule has 0 unspecified atom stereocenters. The Morgan fingerprint density at radius 1 is 1.33 bits per heavy atom. The molecular formula is C14H13ClN4O2. The van der Waals surface area contributed by atoms with Gasteiger partial charge in [-0.05, 0) is 25.1 Å². The van der Waals surface area contributed by atoms with E-state index in [0.717, 1.165) is 11.5 Å². The number of rotatable bonds is 4. The van der Waals surface area contributed by atoms with Crippen molar-refractivity contribution in [2.75, 3.05) is 0 Å². The lowest BCUT2D eigenvalue weighted by Crippen LogP contribution is -2.19. The van der Waals surface area contributed by atoms with Crippen LogP contribution in [0, 0.1) is 6.92 Å². The standard InChI is InChI=1S/C14H13ClN4O2/c1-8-4-10(19-21-8)6-16-7-13-17-12-5-9(15)2-3-11(12)14(20)18-13/h2-5,16H,6-7H2,1H3,(H,17,18,20). The molecule has 0 aliphatic rings. The fourth-order valence-corrected chi connectivity index (χ4v) is 2.22. The number of aromatic nitrogens is 3. The molecule has 2 heterocycles. The molecule has 1 aromatic carbocycles. The summed E-state index contributed by atoms with van der Waals surface area (Å²) in [6, 6.07) is 6.87. The van der Waals surface area contributed by atoms with Gasteiger partial charge in [-0.2, -0.15) is 0 Å². The third-order valence-corrected chi connectivity index (χ3v) is 3.23. The van der Waals surface area contributed by atoms with Gasteiger partial charge in [0.25, 0.3) is 5.56 Å². The van der Waals surface area contributed by atoms with Gasteiger partial charge in [0, 0.05) is 17.6 Å². The first-order chi connectivity index (χ1) is 10.1. The zero-order valence-electron chi connectivity index (χ0n) is 11.3. The van der Waals surface area contributed by atoms with Gasteiger partial charge in [-0.3, -0.25) is 4.79 Å². The van der Waals surface area contributed by atoms with Crippen LogP contribution in [0.1, 0.15) is 17.3 Å². The van der Waals surface area contributed by atoms with E-state index < -0.39 is 0 Å². The summed E-state index contributed by atoms with van der Waals surface area (Å²) >= 11 is 5.92. The predicted octanol–water partition coefficient (Wildman–Crippen LogP) is 2.16. The van der Waals surface area contributed by atoms with Gasteiger partial charge >= 0.3 is 0 Å². The summed E-state index contributed by atoms with van der Waals surface area (Å²) in [6.45, 7) is 2.79. The molecule has 0 saturated heterocycles. The minimum atomic E-state index is -0.175. The summed E-state index contributed by atoms with van der Waals surface area (Å²) in [6.07, 6.45) is 0. The molecule has 108 valence electrons. The Hall–Kier alpha value is -2.18. The van der Waals surface area contributed by atoms with Gasteiger partial charge in [-0.15, -0.1) is 0 Å². The Balaban J connectivity index is 1.76. The molecule has 0 bridgehead atoms. The van der Waals surface area contributed by atoms with Gasteiger partial charge in [0.15, 0.2) is 0 Å². The quantitative estimate of drug-likeness (QED) is 0.771. The maximum atomic E-state index is 12.0. The molecule has 2 aromatic heterocycles. The number of aryl methyl sites for hydroxylation is 1. The minimum absolute atomic E-state index is 0.175. The number of hydrogen-bond donors (Lipinski definition) is 2. The Labute approximate surface area is 125 Å². The summed E-state index contributed by atoms with van der Waals surface area (Å²) in [4.78, 5) is 19.1. The normalized spacial score (nSPS) is 11.1. The van der Waals surface area contributed by atoms with E-state index in [4.69, 9.17) is 16.1 Å². The number of benzene rings is 1. The number of nitrogens with one attached hydrogen (secondary N) is 2. The maximum Gasteiger partial charge on any atom is 0.258 e. The Bertz CT molecular complexity index is 840. The number of nitrogens with zero attached hydrogens (tertiary/aromatic N) is 2. The van der Waals surface area contributed by atoms with E-state index in [1.54, 1.807) is 18.2 Å². The highest BCUT2D eigenvalue weighted by Gasteiger charge is 2.05. The molecule has 0 aliphatic heterocycles.